The summed E-state index contributed by atoms with van der Waals surface area (Å²) in [4.78, 5) is 37.9. The first kappa shape index (κ1) is 22.0. The zero-order valence-electron chi connectivity index (χ0n) is 17.5. The molecule has 3 amide bonds. The molecule has 0 bridgehead atoms. The second kappa shape index (κ2) is 10.9. The van der Waals surface area contributed by atoms with Crippen LogP contribution in [0.5, 0.6) is 5.75 Å². The standard InChI is InChI=1S/C23H26N4O4/c1-2-17-9-11-19(12-10-17)25-22(29)23(30)26-24-15-18-7-3-4-8-20(18)31-16-21(28)27-13-5-6-14-27/h3-4,7-12,15H,2,5-6,13-14,16H2,1H3,(H,25,29)(H,26,30)/b24-15-. The van der Waals surface area contributed by atoms with Crippen molar-refractivity contribution >= 4 is 29.6 Å². The summed E-state index contributed by atoms with van der Waals surface area (Å²) in [5.74, 6) is -1.30. The maximum atomic E-state index is 12.2. The van der Waals surface area contributed by atoms with E-state index in [-0.39, 0.29) is 12.5 Å². The fourth-order valence-corrected chi connectivity index (χ4v) is 3.14. The Kier molecular flexibility index (Phi) is 7.75. The number of carbonyl (C=O) groups is 3. The van der Waals surface area contributed by atoms with Crippen molar-refractivity contribution in [1.29, 1.82) is 0 Å². The van der Waals surface area contributed by atoms with Gasteiger partial charge in [-0.05, 0) is 49.1 Å². The molecule has 1 saturated heterocycles. The molecule has 0 spiro atoms. The highest BCUT2D eigenvalue weighted by molar-refractivity contribution is 6.39. The molecule has 0 aromatic heterocycles. The van der Waals surface area contributed by atoms with Gasteiger partial charge in [0.2, 0.25) is 0 Å². The zero-order valence-corrected chi connectivity index (χ0v) is 17.5. The molecule has 8 nitrogen and oxygen atoms in total. The van der Waals surface area contributed by atoms with E-state index in [0.29, 0.717) is 17.0 Å². The third-order valence-corrected chi connectivity index (χ3v) is 4.92. The van der Waals surface area contributed by atoms with Crippen LogP contribution in [-0.4, -0.2) is 48.5 Å². The molecule has 0 saturated carbocycles. The highest BCUT2D eigenvalue weighted by atomic mass is 16.5. The molecule has 2 aromatic rings. The van der Waals surface area contributed by atoms with Gasteiger partial charge >= 0.3 is 11.8 Å². The molecule has 8 heteroatoms. The van der Waals surface area contributed by atoms with Crippen LogP contribution in [0.25, 0.3) is 0 Å². The smallest absolute Gasteiger partial charge is 0.329 e. The molecule has 3 rings (SSSR count). The fraction of sp³-hybridized carbons (Fsp3) is 0.304. The first-order chi connectivity index (χ1) is 15.1. The first-order valence-corrected chi connectivity index (χ1v) is 10.3. The monoisotopic (exact) mass is 422 g/mol. The number of hydrogen-bond acceptors (Lipinski definition) is 5. The van der Waals surface area contributed by atoms with E-state index in [1.807, 2.05) is 19.1 Å². The minimum atomic E-state index is -0.890. The molecule has 0 unspecified atom stereocenters. The maximum Gasteiger partial charge on any atom is 0.329 e. The summed E-state index contributed by atoms with van der Waals surface area (Å²) in [6.07, 6.45) is 4.30. The number of aryl methyl sites for hydroxylation is 1. The van der Waals surface area contributed by atoms with E-state index in [4.69, 9.17) is 4.74 Å². The van der Waals surface area contributed by atoms with Crippen molar-refractivity contribution in [3.8, 4) is 5.75 Å². The number of carbonyl (C=O) groups excluding carboxylic acids is 3. The van der Waals surface area contributed by atoms with Gasteiger partial charge in [-0.1, -0.05) is 31.2 Å². The summed E-state index contributed by atoms with van der Waals surface area (Å²) in [5, 5.41) is 6.36. The topological polar surface area (TPSA) is 100 Å². The summed E-state index contributed by atoms with van der Waals surface area (Å²) in [6, 6.07) is 14.3. The van der Waals surface area contributed by atoms with Gasteiger partial charge in [-0.3, -0.25) is 14.4 Å². The van der Waals surface area contributed by atoms with Crippen LogP contribution in [0.3, 0.4) is 0 Å². The quantitative estimate of drug-likeness (QED) is 0.406. The molecule has 0 radical (unpaired) electrons. The Labute approximate surface area is 181 Å². The van der Waals surface area contributed by atoms with Crippen LogP contribution in [0.1, 0.15) is 30.9 Å². The summed E-state index contributed by atoms with van der Waals surface area (Å²) >= 11 is 0. The predicted molar refractivity (Wildman–Crippen MR) is 118 cm³/mol. The normalized spacial score (nSPS) is 13.3. The molecular weight excluding hydrogens is 396 g/mol. The van der Waals surface area contributed by atoms with E-state index in [9.17, 15) is 14.4 Å². The van der Waals surface area contributed by atoms with Gasteiger partial charge in [-0.2, -0.15) is 5.10 Å². The lowest BCUT2D eigenvalue weighted by Crippen LogP contribution is -2.32. The number of para-hydroxylation sites is 1. The second-order valence-corrected chi connectivity index (χ2v) is 7.12. The lowest BCUT2D eigenvalue weighted by Gasteiger charge is -2.16. The van der Waals surface area contributed by atoms with Crippen molar-refractivity contribution in [3.63, 3.8) is 0 Å². The number of amides is 3. The average molecular weight is 422 g/mol. The van der Waals surface area contributed by atoms with Crippen molar-refractivity contribution in [3.05, 3.63) is 59.7 Å². The lowest BCUT2D eigenvalue weighted by atomic mass is 10.1. The van der Waals surface area contributed by atoms with Crippen molar-refractivity contribution in [2.45, 2.75) is 26.2 Å². The van der Waals surface area contributed by atoms with Gasteiger partial charge in [0.25, 0.3) is 5.91 Å². The molecule has 1 heterocycles. The van der Waals surface area contributed by atoms with Gasteiger partial charge in [0.1, 0.15) is 5.75 Å². The van der Waals surface area contributed by atoms with Gasteiger partial charge in [-0.15, -0.1) is 0 Å². The SMILES string of the molecule is CCc1ccc(NC(=O)C(=O)N/N=C\c2ccccc2OCC(=O)N2CCCC2)cc1. The highest BCUT2D eigenvalue weighted by Gasteiger charge is 2.18. The van der Waals surface area contributed by atoms with Crippen molar-refractivity contribution in [1.82, 2.24) is 10.3 Å². The summed E-state index contributed by atoms with van der Waals surface area (Å²) in [7, 11) is 0. The number of likely N-dealkylation sites (tertiary alicyclic amines) is 1. The van der Waals surface area contributed by atoms with Crippen molar-refractivity contribution in [2.75, 3.05) is 25.0 Å². The Morgan fingerprint density at radius 3 is 2.45 bits per heavy atom. The minimum absolute atomic E-state index is 0.0545. The highest BCUT2D eigenvalue weighted by Crippen LogP contribution is 2.16. The molecule has 31 heavy (non-hydrogen) atoms. The average Bonchev–Trinajstić information content (AvgIpc) is 3.34. The van der Waals surface area contributed by atoms with E-state index in [0.717, 1.165) is 37.9 Å². The van der Waals surface area contributed by atoms with E-state index in [1.165, 1.54) is 6.21 Å². The van der Waals surface area contributed by atoms with Crippen LogP contribution in [0, 0.1) is 0 Å². The Bertz CT molecular complexity index is 950. The lowest BCUT2D eigenvalue weighted by molar-refractivity contribution is -0.136. The van der Waals surface area contributed by atoms with E-state index < -0.39 is 11.8 Å². The number of ether oxygens (including phenoxy) is 1. The summed E-state index contributed by atoms with van der Waals surface area (Å²) < 4.78 is 5.64. The minimum Gasteiger partial charge on any atom is -0.483 e. The Morgan fingerprint density at radius 1 is 1.03 bits per heavy atom. The van der Waals surface area contributed by atoms with Gasteiger partial charge in [0.15, 0.2) is 6.61 Å². The molecule has 1 aliphatic heterocycles. The number of benzene rings is 2. The summed E-state index contributed by atoms with van der Waals surface area (Å²) in [5.41, 5.74) is 4.44. The molecule has 0 aliphatic carbocycles. The van der Waals surface area contributed by atoms with Crippen LogP contribution < -0.4 is 15.5 Å². The van der Waals surface area contributed by atoms with Crippen LogP contribution >= 0.6 is 0 Å². The number of nitrogens with one attached hydrogen (secondary N) is 2. The van der Waals surface area contributed by atoms with Gasteiger partial charge in [0.05, 0.1) is 6.21 Å². The molecule has 2 aromatic carbocycles. The number of hydrogen-bond donors (Lipinski definition) is 2. The molecule has 162 valence electrons. The predicted octanol–water partition coefficient (Wildman–Crippen LogP) is 2.34. The number of rotatable bonds is 7. The van der Waals surface area contributed by atoms with E-state index in [1.54, 1.807) is 41.3 Å². The molecule has 1 aliphatic rings. The van der Waals surface area contributed by atoms with Crippen molar-refractivity contribution < 1.29 is 19.1 Å². The molecule has 2 N–H and O–H groups in total. The largest absolute Gasteiger partial charge is 0.483 e. The van der Waals surface area contributed by atoms with Crippen LogP contribution in [0.4, 0.5) is 5.69 Å². The Hall–Kier alpha value is -3.68. The number of hydrazone groups is 1. The third-order valence-electron chi connectivity index (χ3n) is 4.92. The third kappa shape index (κ3) is 6.40. The van der Waals surface area contributed by atoms with Crippen LogP contribution in [0.2, 0.25) is 0 Å². The van der Waals surface area contributed by atoms with Gasteiger partial charge in [-0.25, -0.2) is 5.43 Å². The maximum absolute atomic E-state index is 12.2. The van der Waals surface area contributed by atoms with Crippen molar-refractivity contribution in [2.24, 2.45) is 5.10 Å². The van der Waals surface area contributed by atoms with Gasteiger partial charge < -0.3 is 15.0 Å². The molecular formula is C23H26N4O4. The fourth-order valence-electron chi connectivity index (χ4n) is 3.14. The van der Waals surface area contributed by atoms with Crippen LogP contribution in [0.15, 0.2) is 53.6 Å². The van der Waals surface area contributed by atoms with Crippen LogP contribution in [-0.2, 0) is 20.8 Å². The molecule has 1 fully saturated rings. The Balaban J connectivity index is 1.51. The molecule has 0 atom stereocenters. The van der Waals surface area contributed by atoms with E-state index >= 15 is 0 Å². The summed E-state index contributed by atoms with van der Waals surface area (Å²) in [6.45, 7) is 3.51. The Morgan fingerprint density at radius 2 is 1.74 bits per heavy atom. The second-order valence-electron chi connectivity index (χ2n) is 7.12. The van der Waals surface area contributed by atoms with E-state index in [2.05, 4.69) is 15.8 Å². The number of anilines is 1. The first-order valence-electron chi connectivity index (χ1n) is 10.3. The van der Waals surface area contributed by atoms with Gasteiger partial charge in [0, 0.05) is 24.3 Å². The zero-order chi connectivity index (χ0) is 22.1. The number of nitrogens with zero attached hydrogens (tertiary/aromatic N) is 2.